The van der Waals surface area contributed by atoms with Crippen molar-refractivity contribution in [2.24, 2.45) is 5.92 Å². The lowest BCUT2D eigenvalue weighted by molar-refractivity contribution is -0.114. The van der Waals surface area contributed by atoms with E-state index in [2.05, 4.69) is 15.6 Å². The minimum absolute atomic E-state index is 0.0874. The average Bonchev–Trinajstić information content (AvgIpc) is 2.69. The van der Waals surface area contributed by atoms with Crippen LogP contribution in [0.25, 0.3) is 10.9 Å². The lowest BCUT2D eigenvalue weighted by atomic mass is 10.2. The molecule has 0 atom stereocenters. The zero-order chi connectivity index (χ0) is 22.5. The van der Waals surface area contributed by atoms with Gasteiger partial charge in [-0.05, 0) is 48.4 Å². The van der Waals surface area contributed by atoms with Crippen molar-refractivity contribution in [3.8, 4) is 0 Å². The van der Waals surface area contributed by atoms with Crippen molar-refractivity contribution >= 4 is 57.5 Å². The Kier molecular flexibility index (Phi) is 7.35. The molecule has 0 aliphatic rings. The molecule has 1 aromatic heterocycles. The molecular formula is C22H23ClN4O3S. The Hall–Kier alpha value is -2.84. The molecule has 2 amide bonds. The number of aromatic nitrogens is 2. The van der Waals surface area contributed by atoms with E-state index in [1.165, 1.54) is 18.7 Å². The van der Waals surface area contributed by atoms with Crippen LogP contribution in [0.4, 0.5) is 11.4 Å². The lowest BCUT2D eigenvalue weighted by Gasteiger charge is -2.15. The minimum Gasteiger partial charge on any atom is -0.326 e. The number of nitrogens with one attached hydrogen (secondary N) is 2. The number of amides is 2. The number of carbonyl (C=O) groups is 2. The second-order valence-corrected chi connectivity index (χ2v) is 8.84. The summed E-state index contributed by atoms with van der Waals surface area (Å²) in [6.45, 7) is 5.97. The Morgan fingerprint density at radius 2 is 1.74 bits per heavy atom. The Bertz CT molecular complexity index is 1180. The molecule has 0 radical (unpaired) electrons. The Labute approximate surface area is 189 Å². The smallest absolute Gasteiger partial charge is 0.262 e. The van der Waals surface area contributed by atoms with Crippen molar-refractivity contribution in [1.29, 1.82) is 0 Å². The van der Waals surface area contributed by atoms with Crippen molar-refractivity contribution in [1.82, 2.24) is 9.55 Å². The largest absolute Gasteiger partial charge is 0.326 e. The van der Waals surface area contributed by atoms with Gasteiger partial charge in [-0.2, -0.15) is 0 Å². The van der Waals surface area contributed by atoms with Crippen LogP contribution in [0.5, 0.6) is 0 Å². The number of thioether (sulfide) groups is 1. The molecule has 0 bridgehead atoms. The molecule has 2 N–H and O–H groups in total. The van der Waals surface area contributed by atoms with Crippen molar-refractivity contribution < 1.29 is 9.59 Å². The fourth-order valence-corrected chi connectivity index (χ4v) is 3.95. The third-order valence-electron chi connectivity index (χ3n) is 4.25. The zero-order valence-corrected chi connectivity index (χ0v) is 19.0. The van der Waals surface area contributed by atoms with Crippen LogP contribution in [-0.2, 0) is 16.1 Å². The van der Waals surface area contributed by atoms with E-state index in [0.717, 1.165) is 0 Å². The first-order valence-electron chi connectivity index (χ1n) is 9.73. The number of hydrogen-bond acceptors (Lipinski definition) is 5. The number of hydrogen-bond donors (Lipinski definition) is 2. The number of halogens is 1. The highest BCUT2D eigenvalue weighted by molar-refractivity contribution is 7.99. The van der Waals surface area contributed by atoms with Gasteiger partial charge in [0, 0.05) is 29.9 Å². The minimum atomic E-state index is -0.228. The van der Waals surface area contributed by atoms with Crippen LogP contribution >= 0.6 is 23.4 Å². The summed E-state index contributed by atoms with van der Waals surface area (Å²) in [5, 5.41) is 6.95. The molecule has 7 nitrogen and oxygen atoms in total. The Morgan fingerprint density at radius 3 is 2.35 bits per heavy atom. The molecule has 1 heterocycles. The van der Waals surface area contributed by atoms with Gasteiger partial charge in [0.15, 0.2) is 5.16 Å². The first-order chi connectivity index (χ1) is 14.7. The van der Waals surface area contributed by atoms with Crippen LogP contribution in [0.1, 0.15) is 20.8 Å². The normalized spacial score (nSPS) is 11.0. The van der Waals surface area contributed by atoms with Crippen LogP contribution in [0.3, 0.4) is 0 Å². The van der Waals surface area contributed by atoms with Gasteiger partial charge in [-0.3, -0.25) is 19.0 Å². The number of anilines is 2. The van der Waals surface area contributed by atoms with Gasteiger partial charge in [0.1, 0.15) is 0 Å². The van der Waals surface area contributed by atoms with E-state index in [1.54, 1.807) is 47.0 Å². The predicted molar refractivity (Wildman–Crippen MR) is 126 cm³/mol. The van der Waals surface area contributed by atoms with E-state index in [4.69, 9.17) is 11.6 Å². The van der Waals surface area contributed by atoms with Gasteiger partial charge in [0.05, 0.1) is 16.7 Å². The fourth-order valence-electron chi connectivity index (χ4n) is 2.98. The Balaban J connectivity index is 1.76. The number of rotatable bonds is 7. The maximum atomic E-state index is 13.0. The van der Waals surface area contributed by atoms with Crippen LogP contribution in [0, 0.1) is 5.92 Å². The molecule has 0 aliphatic carbocycles. The summed E-state index contributed by atoms with van der Waals surface area (Å²) in [4.78, 5) is 41.1. The van der Waals surface area contributed by atoms with E-state index in [-0.39, 0.29) is 29.0 Å². The number of carbonyl (C=O) groups excluding carboxylic acids is 2. The van der Waals surface area contributed by atoms with Gasteiger partial charge in [-0.1, -0.05) is 37.2 Å². The highest BCUT2D eigenvalue weighted by atomic mass is 35.5. The maximum Gasteiger partial charge on any atom is 0.262 e. The molecule has 31 heavy (non-hydrogen) atoms. The van der Waals surface area contributed by atoms with Crippen LogP contribution in [0.15, 0.2) is 52.4 Å². The van der Waals surface area contributed by atoms with Gasteiger partial charge in [0.25, 0.3) is 5.56 Å². The highest BCUT2D eigenvalue weighted by Gasteiger charge is 2.15. The first kappa shape index (κ1) is 22.8. The molecule has 0 fully saturated rings. The predicted octanol–water partition coefficient (Wildman–Crippen LogP) is 4.40. The van der Waals surface area contributed by atoms with E-state index in [0.29, 0.717) is 39.0 Å². The number of fused-ring (bicyclic) bond motifs is 1. The van der Waals surface area contributed by atoms with Gasteiger partial charge in [0.2, 0.25) is 11.8 Å². The lowest BCUT2D eigenvalue weighted by Crippen LogP contribution is -2.26. The molecule has 3 aromatic rings. The molecule has 0 aliphatic heterocycles. The van der Waals surface area contributed by atoms with E-state index in [1.807, 2.05) is 13.8 Å². The molecule has 2 aromatic carbocycles. The van der Waals surface area contributed by atoms with E-state index >= 15 is 0 Å². The number of nitrogens with zero attached hydrogens (tertiary/aromatic N) is 2. The summed E-state index contributed by atoms with van der Waals surface area (Å²) in [6.07, 6.45) is 0. The third kappa shape index (κ3) is 6.08. The van der Waals surface area contributed by atoms with E-state index in [9.17, 15) is 14.4 Å². The fraction of sp³-hybridized carbons (Fsp3) is 0.273. The summed E-state index contributed by atoms with van der Waals surface area (Å²) in [5.41, 5.74) is 1.62. The van der Waals surface area contributed by atoms with Crippen molar-refractivity contribution in [3.05, 3.63) is 57.8 Å². The standard InChI is InChI=1S/C22H23ClN4O3S/c1-13(2)11-27-21(30)18-9-4-15(23)10-19(18)26-22(27)31-12-20(29)25-17-7-5-16(6-8-17)24-14(3)28/h4-10,13H,11-12H2,1-3H3,(H,24,28)(H,25,29). The quantitative estimate of drug-likeness (QED) is 0.404. The van der Waals surface area contributed by atoms with Gasteiger partial charge < -0.3 is 10.6 Å². The summed E-state index contributed by atoms with van der Waals surface area (Å²) >= 11 is 7.26. The third-order valence-corrected chi connectivity index (χ3v) is 5.46. The molecular weight excluding hydrogens is 436 g/mol. The molecule has 0 spiro atoms. The maximum absolute atomic E-state index is 13.0. The summed E-state index contributed by atoms with van der Waals surface area (Å²) in [5.74, 6) is -0.0671. The molecule has 162 valence electrons. The molecule has 0 saturated heterocycles. The summed E-state index contributed by atoms with van der Waals surface area (Å²) < 4.78 is 1.61. The second-order valence-electron chi connectivity index (χ2n) is 7.46. The SMILES string of the molecule is CC(=O)Nc1ccc(NC(=O)CSc2nc3cc(Cl)ccc3c(=O)n2CC(C)C)cc1. The first-order valence-corrected chi connectivity index (χ1v) is 11.1. The molecule has 0 unspecified atom stereocenters. The summed E-state index contributed by atoms with van der Waals surface area (Å²) in [6, 6.07) is 11.8. The second kappa shape index (κ2) is 9.98. The van der Waals surface area contributed by atoms with Gasteiger partial charge in [-0.25, -0.2) is 4.98 Å². The van der Waals surface area contributed by atoms with Gasteiger partial charge >= 0.3 is 0 Å². The zero-order valence-electron chi connectivity index (χ0n) is 17.4. The summed E-state index contributed by atoms with van der Waals surface area (Å²) in [7, 11) is 0. The van der Waals surface area contributed by atoms with Crippen molar-refractivity contribution in [2.45, 2.75) is 32.5 Å². The molecule has 3 rings (SSSR count). The number of benzene rings is 2. The average molecular weight is 459 g/mol. The van der Waals surface area contributed by atoms with Crippen molar-refractivity contribution in [2.75, 3.05) is 16.4 Å². The molecule has 0 saturated carbocycles. The van der Waals surface area contributed by atoms with Crippen LogP contribution in [0.2, 0.25) is 5.02 Å². The Morgan fingerprint density at radius 1 is 1.10 bits per heavy atom. The highest BCUT2D eigenvalue weighted by Crippen LogP contribution is 2.22. The molecule has 9 heteroatoms. The van der Waals surface area contributed by atoms with Crippen LogP contribution < -0.4 is 16.2 Å². The van der Waals surface area contributed by atoms with Gasteiger partial charge in [-0.15, -0.1) is 0 Å². The topological polar surface area (TPSA) is 93.1 Å². The monoisotopic (exact) mass is 458 g/mol. The van der Waals surface area contributed by atoms with Crippen LogP contribution in [-0.4, -0.2) is 27.1 Å². The van der Waals surface area contributed by atoms with E-state index < -0.39 is 0 Å². The van der Waals surface area contributed by atoms with Crippen molar-refractivity contribution in [3.63, 3.8) is 0 Å².